The van der Waals surface area contributed by atoms with Gasteiger partial charge in [-0.25, -0.2) is 4.79 Å². The third-order valence-corrected chi connectivity index (χ3v) is 6.27. The average Bonchev–Trinajstić information content (AvgIpc) is 2.82. The summed E-state index contributed by atoms with van der Waals surface area (Å²) in [6.07, 6.45) is 2.23. The van der Waals surface area contributed by atoms with Crippen molar-refractivity contribution in [3.05, 3.63) is 70.8 Å². The Morgan fingerprint density at radius 2 is 1.62 bits per heavy atom. The van der Waals surface area contributed by atoms with Gasteiger partial charge in [0.15, 0.2) is 0 Å². The van der Waals surface area contributed by atoms with Crippen LogP contribution in [-0.4, -0.2) is 47.0 Å². The average molecular weight is 538 g/mol. The molecule has 7 nitrogen and oxygen atoms in total. The zero-order chi connectivity index (χ0) is 29.2. The Kier molecular flexibility index (Phi) is 12.0. The molecule has 0 fully saturated rings. The van der Waals surface area contributed by atoms with Crippen LogP contribution in [0.15, 0.2) is 48.5 Å². The second-order valence-electron chi connectivity index (χ2n) is 11.6. The van der Waals surface area contributed by atoms with Crippen LogP contribution in [0.25, 0.3) is 0 Å². The van der Waals surface area contributed by atoms with Crippen LogP contribution in [0.2, 0.25) is 0 Å². The number of amides is 3. The molecule has 0 bridgehead atoms. The maximum Gasteiger partial charge on any atom is 0.408 e. The fourth-order valence-corrected chi connectivity index (χ4v) is 4.55. The standard InChI is InChI=1S/C32H47N3O4/c1-9-10-14-19-35(28(29(36)33-22(2)3)26-18-17-23(4)20-24(26)5)30(37)27(21-25-15-12-11-13-16-25)34-31(38)39-32(6,7)8/h11-13,15-18,20,22,27-28H,9-10,14,19,21H2,1-8H3,(H,33,36)(H,34,38). The molecular weight excluding hydrogens is 490 g/mol. The minimum atomic E-state index is -0.913. The molecule has 0 aromatic heterocycles. The molecule has 0 aliphatic carbocycles. The molecule has 0 saturated carbocycles. The first kappa shape index (κ1) is 31.9. The molecule has 2 aromatic carbocycles. The molecule has 0 saturated heterocycles. The number of benzene rings is 2. The number of rotatable bonds is 12. The highest BCUT2D eigenvalue weighted by atomic mass is 16.6. The van der Waals surface area contributed by atoms with Crippen molar-refractivity contribution in [2.45, 2.75) is 105 Å². The molecule has 7 heteroatoms. The van der Waals surface area contributed by atoms with E-state index in [9.17, 15) is 14.4 Å². The third kappa shape index (κ3) is 10.4. The lowest BCUT2D eigenvalue weighted by atomic mass is 9.95. The Balaban J connectivity index is 2.58. The highest BCUT2D eigenvalue weighted by molar-refractivity contribution is 5.92. The largest absolute Gasteiger partial charge is 0.444 e. The zero-order valence-electron chi connectivity index (χ0n) is 25.0. The monoisotopic (exact) mass is 537 g/mol. The van der Waals surface area contributed by atoms with Crippen molar-refractivity contribution in [2.24, 2.45) is 0 Å². The van der Waals surface area contributed by atoms with Gasteiger partial charge in [0.25, 0.3) is 0 Å². The van der Waals surface area contributed by atoms with Crippen LogP contribution in [0, 0.1) is 13.8 Å². The second kappa shape index (κ2) is 14.7. The van der Waals surface area contributed by atoms with Crippen LogP contribution in [0.1, 0.15) is 89.1 Å². The molecule has 2 atom stereocenters. The van der Waals surface area contributed by atoms with Crippen molar-refractivity contribution in [3.63, 3.8) is 0 Å². The van der Waals surface area contributed by atoms with E-state index in [1.807, 2.05) is 76.2 Å². The molecule has 3 amide bonds. The first-order valence-electron chi connectivity index (χ1n) is 14.0. The SMILES string of the molecule is CCCCCN(C(=O)C(Cc1ccccc1)NC(=O)OC(C)(C)C)C(C(=O)NC(C)C)c1ccc(C)cc1C. The van der Waals surface area contributed by atoms with Gasteiger partial charge in [-0.15, -0.1) is 0 Å². The van der Waals surface area contributed by atoms with Crippen molar-refractivity contribution in [1.82, 2.24) is 15.5 Å². The maximum absolute atomic E-state index is 14.4. The number of hydrogen-bond donors (Lipinski definition) is 2. The van der Waals surface area contributed by atoms with Crippen molar-refractivity contribution >= 4 is 17.9 Å². The lowest BCUT2D eigenvalue weighted by Crippen LogP contribution is -2.54. The Labute approximate surface area is 234 Å². The summed E-state index contributed by atoms with van der Waals surface area (Å²) in [5.41, 5.74) is 2.97. The molecule has 2 N–H and O–H groups in total. The van der Waals surface area contributed by atoms with Gasteiger partial charge in [0, 0.05) is 19.0 Å². The number of carbonyl (C=O) groups excluding carboxylic acids is 3. The summed E-state index contributed by atoms with van der Waals surface area (Å²) in [5.74, 6) is -0.553. The Hall–Kier alpha value is -3.35. The number of ether oxygens (including phenoxy) is 1. The molecular formula is C32H47N3O4. The fourth-order valence-electron chi connectivity index (χ4n) is 4.55. The van der Waals surface area contributed by atoms with Crippen molar-refractivity contribution in [3.8, 4) is 0 Å². The van der Waals surface area contributed by atoms with E-state index in [4.69, 9.17) is 4.74 Å². The summed E-state index contributed by atoms with van der Waals surface area (Å²) >= 11 is 0. The van der Waals surface area contributed by atoms with E-state index in [0.29, 0.717) is 6.54 Å². The summed E-state index contributed by atoms with van der Waals surface area (Å²) in [6, 6.07) is 13.6. The number of aryl methyl sites for hydroxylation is 2. The molecule has 214 valence electrons. The highest BCUT2D eigenvalue weighted by Gasteiger charge is 2.37. The van der Waals surface area contributed by atoms with Crippen LogP contribution in [0.3, 0.4) is 0 Å². The van der Waals surface area contributed by atoms with Gasteiger partial charge in [0.2, 0.25) is 11.8 Å². The molecule has 39 heavy (non-hydrogen) atoms. The summed E-state index contributed by atoms with van der Waals surface area (Å²) in [5, 5.41) is 5.84. The first-order valence-corrected chi connectivity index (χ1v) is 14.0. The predicted molar refractivity (Wildman–Crippen MR) is 156 cm³/mol. The maximum atomic E-state index is 14.4. The molecule has 0 heterocycles. The van der Waals surface area contributed by atoms with Gasteiger partial charge in [0.1, 0.15) is 17.7 Å². The van der Waals surface area contributed by atoms with Gasteiger partial charge in [0.05, 0.1) is 0 Å². The zero-order valence-corrected chi connectivity index (χ0v) is 25.0. The van der Waals surface area contributed by atoms with Crippen molar-refractivity contribution in [1.29, 1.82) is 0 Å². The summed E-state index contributed by atoms with van der Waals surface area (Å²) < 4.78 is 5.51. The van der Waals surface area contributed by atoms with E-state index in [0.717, 1.165) is 41.5 Å². The number of hydrogen-bond acceptors (Lipinski definition) is 4. The third-order valence-electron chi connectivity index (χ3n) is 6.27. The lowest BCUT2D eigenvalue weighted by Gasteiger charge is -2.35. The van der Waals surface area contributed by atoms with E-state index >= 15 is 0 Å². The Morgan fingerprint density at radius 1 is 0.949 bits per heavy atom. The molecule has 0 spiro atoms. The lowest BCUT2D eigenvalue weighted by molar-refractivity contribution is -0.142. The second-order valence-corrected chi connectivity index (χ2v) is 11.6. The van der Waals surface area contributed by atoms with Crippen LogP contribution in [-0.2, 0) is 20.7 Å². The number of carbonyl (C=O) groups is 3. The van der Waals surface area contributed by atoms with E-state index in [-0.39, 0.29) is 24.3 Å². The molecule has 0 aliphatic rings. The number of nitrogens with one attached hydrogen (secondary N) is 2. The molecule has 2 unspecified atom stereocenters. The van der Waals surface area contributed by atoms with E-state index in [1.54, 1.807) is 25.7 Å². The summed E-state index contributed by atoms with van der Waals surface area (Å²) in [6.45, 7) is 15.6. The van der Waals surface area contributed by atoms with Gasteiger partial charge in [-0.3, -0.25) is 9.59 Å². The predicted octanol–water partition coefficient (Wildman–Crippen LogP) is 6.02. The Bertz CT molecular complexity index is 1090. The molecule has 0 aliphatic heterocycles. The smallest absolute Gasteiger partial charge is 0.408 e. The molecule has 0 radical (unpaired) electrons. The van der Waals surface area contributed by atoms with E-state index in [2.05, 4.69) is 17.6 Å². The van der Waals surface area contributed by atoms with Gasteiger partial charge >= 0.3 is 6.09 Å². The number of nitrogens with zero attached hydrogens (tertiary/aromatic N) is 1. The summed E-state index contributed by atoms with van der Waals surface area (Å²) in [7, 11) is 0. The minimum Gasteiger partial charge on any atom is -0.444 e. The molecule has 2 aromatic rings. The highest BCUT2D eigenvalue weighted by Crippen LogP contribution is 2.28. The van der Waals surface area contributed by atoms with E-state index < -0.39 is 23.8 Å². The van der Waals surface area contributed by atoms with Crippen molar-refractivity contribution in [2.75, 3.05) is 6.54 Å². The minimum absolute atomic E-state index is 0.0987. The van der Waals surface area contributed by atoms with Crippen LogP contribution < -0.4 is 10.6 Å². The molecule has 2 rings (SSSR count). The quantitative estimate of drug-likeness (QED) is 0.324. The fraction of sp³-hybridized carbons (Fsp3) is 0.531. The van der Waals surface area contributed by atoms with Gasteiger partial charge in [-0.2, -0.15) is 0 Å². The number of alkyl carbamates (subject to hydrolysis) is 1. The van der Waals surface area contributed by atoms with Gasteiger partial charge in [-0.1, -0.05) is 73.9 Å². The normalized spacial score (nSPS) is 12.9. The first-order chi connectivity index (χ1) is 18.3. The van der Waals surface area contributed by atoms with Gasteiger partial charge < -0.3 is 20.3 Å². The number of unbranched alkanes of at least 4 members (excludes halogenated alkanes) is 2. The topological polar surface area (TPSA) is 87.7 Å². The van der Waals surface area contributed by atoms with Crippen LogP contribution >= 0.6 is 0 Å². The van der Waals surface area contributed by atoms with Crippen molar-refractivity contribution < 1.29 is 19.1 Å². The van der Waals surface area contributed by atoms with Crippen LogP contribution in [0.4, 0.5) is 4.79 Å². The van der Waals surface area contributed by atoms with Gasteiger partial charge in [-0.05, 0) is 71.6 Å². The Morgan fingerprint density at radius 3 is 2.18 bits per heavy atom. The van der Waals surface area contributed by atoms with E-state index in [1.165, 1.54) is 0 Å². The van der Waals surface area contributed by atoms with Crippen LogP contribution in [0.5, 0.6) is 0 Å². The summed E-state index contributed by atoms with van der Waals surface area (Å²) in [4.78, 5) is 42.7.